The fourth-order valence-corrected chi connectivity index (χ4v) is 4.07. The summed E-state index contributed by atoms with van der Waals surface area (Å²) in [7, 11) is 1.64. The lowest BCUT2D eigenvalue weighted by atomic mass is 9.88. The summed E-state index contributed by atoms with van der Waals surface area (Å²) in [5, 5.41) is 17.6. The van der Waals surface area contributed by atoms with Gasteiger partial charge in [-0.15, -0.1) is 16.4 Å². The Morgan fingerprint density at radius 3 is 2.77 bits per heavy atom. The highest BCUT2D eigenvalue weighted by Crippen LogP contribution is 2.26. The van der Waals surface area contributed by atoms with Crippen LogP contribution in [0.3, 0.4) is 0 Å². The second-order valence-electron chi connectivity index (χ2n) is 8.34. The van der Waals surface area contributed by atoms with Crippen LogP contribution in [-0.4, -0.2) is 29.5 Å². The van der Waals surface area contributed by atoms with Crippen LogP contribution in [0, 0.1) is 5.41 Å². The Balaban J connectivity index is 1.44. The van der Waals surface area contributed by atoms with Crippen LogP contribution in [0.15, 0.2) is 52.1 Å². The van der Waals surface area contributed by atoms with E-state index in [9.17, 15) is 4.79 Å². The molecular weight excluding hydrogens is 410 g/mol. The fourth-order valence-electron chi connectivity index (χ4n) is 3.31. The van der Waals surface area contributed by atoms with Crippen molar-refractivity contribution >= 4 is 45.4 Å². The molecule has 3 heterocycles. The summed E-state index contributed by atoms with van der Waals surface area (Å²) in [4.78, 5) is 17.9. The first-order valence-corrected chi connectivity index (χ1v) is 10.9. The molecule has 1 amide bonds. The van der Waals surface area contributed by atoms with Gasteiger partial charge in [-0.2, -0.15) is 5.10 Å². The first kappa shape index (κ1) is 21.0. The van der Waals surface area contributed by atoms with Gasteiger partial charge in [0.05, 0.1) is 24.0 Å². The second-order valence-corrected chi connectivity index (χ2v) is 9.26. The minimum atomic E-state index is -0.175. The number of nitrogens with zero attached hydrogens (tertiary/aromatic N) is 3. The van der Waals surface area contributed by atoms with Crippen LogP contribution in [0.25, 0.3) is 10.9 Å². The van der Waals surface area contributed by atoms with E-state index in [-0.39, 0.29) is 11.3 Å². The van der Waals surface area contributed by atoms with Gasteiger partial charge in [0.1, 0.15) is 16.5 Å². The van der Waals surface area contributed by atoms with Gasteiger partial charge < -0.3 is 15.4 Å². The number of hydrogen-bond acceptors (Lipinski definition) is 7. The van der Waals surface area contributed by atoms with Gasteiger partial charge in [0, 0.05) is 36.0 Å². The molecule has 0 saturated carbocycles. The van der Waals surface area contributed by atoms with E-state index < -0.39 is 0 Å². The van der Waals surface area contributed by atoms with E-state index >= 15 is 0 Å². The van der Waals surface area contributed by atoms with Crippen molar-refractivity contribution < 1.29 is 9.53 Å². The number of amides is 1. The van der Waals surface area contributed by atoms with Crippen molar-refractivity contribution in [3.8, 4) is 5.75 Å². The van der Waals surface area contributed by atoms with Crippen LogP contribution in [0.1, 0.15) is 42.4 Å². The molecule has 0 aliphatic carbocycles. The van der Waals surface area contributed by atoms with Crippen LogP contribution >= 0.6 is 11.3 Å². The maximum absolute atomic E-state index is 12.8. The van der Waals surface area contributed by atoms with E-state index in [0.717, 1.165) is 33.6 Å². The van der Waals surface area contributed by atoms with Crippen LogP contribution in [0.2, 0.25) is 0 Å². The number of pyridine rings is 1. The molecule has 0 atom stereocenters. The molecule has 0 saturated heterocycles. The van der Waals surface area contributed by atoms with E-state index in [1.165, 1.54) is 11.3 Å². The Morgan fingerprint density at radius 2 is 2.03 bits per heavy atom. The third-order valence-corrected chi connectivity index (χ3v) is 6.04. The Kier molecular flexibility index (Phi) is 5.73. The molecule has 7 nitrogen and oxygen atoms in total. The van der Waals surface area contributed by atoms with Crippen molar-refractivity contribution in [3.05, 3.63) is 52.3 Å². The van der Waals surface area contributed by atoms with Crippen molar-refractivity contribution in [2.45, 2.75) is 33.7 Å². The number of nitrogens with one attached hydrogen (secondary N) is 2. The van der Waals surface area contributed by atoms with Gasteiger partial charge >= 0.3 is 0 Å². The van der Waals surface area contributed by atoms with Gasteiger partial charge in [-0.25, -0.2) is 0 Å². The molecule has 3 aromatic rings. The minimum absolute atomic E-state index is 0.0665. The predicted molar refractivity (Wildman–Crippen MR) is 126 cm³/mol. The highest BCUT2D eigenvalue weighted by atomic mass is 32.1. The number of ether oxygens (including phenoxy) is 1. The van der Waals surface area contributed by atoms with Crippen LogP contribution in [0.4, 0.5) is 5.69 Å². The standard InChI is InChI=1S/C23H25N5O2S/c1-23(2,3)19-12-20(28-27-19)26-22(29)21-17(8-10-31-21)25-13-14-7-9-24-18-11-15(30-4)5-6-16(14)18/h5-11,25H,12-13H2,1-4H3,(H,26,28,29). The molecule has 0 radical (unpaired) electrons. The van der Waals surface area contributed by atoms with E-state index in [1.54, 1.807) is 13.3 Å². The highest BCUT2D eigenvalue weighted by Gasteiger charge is 2.26. The average Bonchev–Trinajstić information content (AvgIpc) is 3.41. The van der Waals surface area contributed by atoms with E-state index in [0.29, 0.717) is 23.7 Å². The van der Waals surface area contributed by atoms with Gasteiger partial charge in [-0.3, -0.25) is 9.78 Å². The zero-order valence-electron chi connectivity index (χ0n) is 18.0. The molecule has 1 aliphatic heterocycles. The van der Waals surface area contributed by atoms with Crippen LogP contribution in [-0.2, 0) is 6.54 Å². The van der Waals surface area contributed by atoms with Crippen LogP contribution < -0.4 is 15.4 Å². The molecule has 2 aromatic heterocycles. The average molecular weight is 436 g/mol. The number of rotatable bonds is 5. The largest absolute Gasteiger partial charge is 0.497 e. The number of amidine groups is 1. The third kappa shape index (κ3) is 4.59. The number of carbonyl (C=O) groups excluding carboxylic acids is 1. The molecule has 160 valence electrons. The normalized spacial score (nSPS) is 13.7. The maximum atomic E-state index is 12.8. The smallest absolute Gasteiger partial charge is 0.268 e. The topological polar surface area (TPSA) is 88.0 Å². The molecule has 1 aromatic carbocycles. The first-order chi connectivity index (χ1) is 14.8. The van der Waals surface area contributed by atoms with E-state index in [2.05, 4.69) is 46.6 Å². The van der Waals surface area contributed by atoms with Crippen molar-refractivity contribution in [1.29, 1.82) is 0 Å². The number of thiophene rings is 1. The molecule has 0 fully saturated rings. The zero-order chi connectivity index (χ0) is 22.0. The quantitative estimate of drug-likeness (QED) is 0.600. The molecule has 4 rings (SSSR count). The number of methoxy groups -OCH3 is 1. The Morgan fingerprint density at radius 1 is 1.19 bits per heavy atom. The minimum Gasteiger partial charge on any atom is -0.497 e. The number of fused-ring (bicyclic) bond motifs is 1. The van der Waals surface area contributed by atoms with Crippen LogP contribution in [0.5, 0.6) is 5.75 Å². The van der Waals surface area contributed by atoms with Gasteiger partial charge in [-0.1, -0.05) is 20.8 Å². The summed E-state index contributed by atoms with van der Waals surface area (Å²) in [5.41, 5.74) is 3.65. The highest BCUT2D eigenvalue weighted by molar-refractivity contribution is 7.12. The number of hydrogen-bond donors (Lipinski definition) is 2. The van der Waals surface area contributed by atoms with Crippen molar-refractivity contribution in [2.75, 3.05) is 12.4 Å². The summed E-state index contributed by atoms with van der Waals surface area (Å²) < 4.78 is 5.29. The number of anilines is 1. The Labute approximate surface area is 185 Å². The number of carbonyl (C=O) groups is 1. The maximum Gasteiger partial charge on any atom is 0.268 e. The van der Waals surface area contributed by atoms with E-state index in [4.69, 9.17) is 4.74 Å². The third-order valence-electron chi connectivity index (χ3n) is 5.13. The van der Waals surface area contributed by atoms with E-state index in [1.807, 2.05) is 35.7 Å². The molecule has 8 heteroatoms. The molecule has 1 aliphatic rings. The SMILES string of the molecule is COc1ccc2c(CNc3ccsc3C(=O)NC3=NN=C(C(C)(C)C)C3)ccnc2c1. The molecule has 2 N–H and O–H groups in total. The van der Waals surface area contributed by atoms with Gasteiger partial charge in [0.25, 0.3) is 5.91 Å². The summed E-state index contributed by atoms with van der Waals surface area (Å²) in [6, 6.07) is 9.74. The number of aromatic nitrogens is 1. The lowest BCUT2D eigenvalue weighted by Crippen LogP contribution is -2.32. The molecule has 0 spiro atoms. The number of benzene rings is 1. The summed E-state index contributed by atoms with van der Waals surface area (Å²) in [6.45, 7) is 6.84. The summed E-state index contributed by atoms with van der Waals surface area (Å²) in [6.07, 6.45) is 2.35. The van der Waals surface area contributed by atoms with Gasteiger partial charge in [0.2, 0.25) is 0 Å². The zero-order valence-corrected chi connectivity index (χ0v) is 18.8. The predicted octanol–water partition coefficient (Wildman–Crippen LogP) is 4.85. The monoisotopic (exact) mass is 435 g/mol. The summed E-state index contributed by atoms with van der Waals surface area (Å²) in [5.74, 6) is 1.18. The van der Waals surface area contributed by atoms with Crippen molar-refractivity contribution in [2.24, 2.45) is 15.6 Å². The van der Waals surface area contributed by atoms with Crippen molar-refractivity contribution in [3.63, 3.8) is 0 Å². The van der Waals surface area contributed by atoms with Gasteiger partial charge in [-0.05, 0) is 35.2 Å². The molecular formula is C23H25N5O2S. The lowest BCUT2D eigenvalue weighted by Gasteiger charge is -2.17. The van der Waals surface area contributed by atoms with Crippen molar-refractivity contribution in [1.82, 2.24) is 10.3 Å². The molecule has 0 bridgehead atoms. The Bertz CT molecular complexity index is 1190. The summed E-state index contributed by atoms with van der Waals surface area (Å²) >= 11 is 1.40. The molecule has 0 unspecified atom stereocenters. The first-order valence-electron chi connectivity index (χ1n) is 10.0. The Hall–Kier alpha value is -3.26. The lowest BCUT2D eigenvalue weighted by molar-refractivity contribution is 0.0981. The molecule has 31 heavy (non-hydrogen) atoms. The fraction of sp³-hybridized carbons (Fsp3) is 0.304. The van der Waals surface area contributed by atoms with Gasteiger partial charge in [0.15, 0.2) is 0 Å². The second kappa shape index (κ2) is 8.47.